The van der Waals surface area contributed by atoms with Gasteiger partial charge < -0.3 is 10.6 Å². The Balaban J connectivity index is 1.81. The number of nitrogens with zero attached hydrogens (tertiary/aromatic N) is 1. The Bertz CT molecular complexity index is 479. The van der Waals surface area contributed by atoms with Crippen molar-refractivity contribution in [2.45, 2.75) is 50.6 Å². The summed E-state index contributed by atoms with van der Waals surface area (Å²) in [7, 11) is 0. The van der Waals surface area contributed by atoms with Crippen molar-refractivity contribution in [1.29, 1.82) is 0 Å². The van der Waals surface area contributed by atoms with Crippen LogP contribution in [0.2, 0.25) is 0 Å². The van der Waals surface area contributed by atoms with Crippen LogP contribution in [0.25, 0.3) is 0 Å². The Morgan fingerprint density at radius 2 is 2.17 bits per heavy atom. The summed E-state index contributed by atoms with van der Waals surface area (Å²) in [5, 5.41) is 0. The largest absolute Gasteiger partial charge is 0.325 e. The summed E-state index contributed by atoms with van der Waals surface area (Å²) < 4.78 is 0. The number of carbonyl (C=O) groups is 1. The van der Waals surface area contributed by atoms with E-state index in [1.54, 1.807) is 0 Å². The molecule has 18 heavy (non-hydrogen) atoms. The molecule has 0 spiro atoms. The Morgan fingerprint density at radius 3 is 2.83 bits per heavy atom. The minimum absolute atomic E-state index is 0.189. The van der Waals surface area contributed by atoms with Crippen LogP contribution in [0.15, 0.2) is 24.3 Å². The fourth-order valence-electron chi connectivity index (χ4n) is 3.14. The van der Waals surface area contributed by atoms with E-state index in [1.807, 2.05) is 23.1 Å². The van der Waals surface area contributed by atoms with E-state index < -0.39 is 0 Å². The van der Waals surface area contributed by atoms with Crippen LogP contribution in [0.4, 0.5) is 5.69 Å². The van der Waals surface area contributed by atoms with Crippen molar-refractivity contribution in [3.63, 3.8) is 0 Å². The van der Waals surface area contributed by atoms with Gasteiger partial charge in [-0.25, -0.2) is 0 Å². The second-order valence-electron chi connectivity index (χ2n) is 5.84. The van der Waals surface area contributed by atoms with Gasteiger partial charge in [0.15, 0.2) is 0 Å². The van der Waals surface area contributed by atoms with Crippen LogP contribution in [-0.2, 0) is 11.2 Å². The molecule has 1 aliphatic carbocycles. The van der Waals surface area contributed by atoms with Crippen LogP contribution in [0.1, 0.15) is 38.2 Å². The first-order valence-electron chi connectivity index (χ1n) is 6.78. The van der Waals surface area contributed by atoms with E-state index >= 15 is 0 Å². The van der Waals surface area contributed by atoms with Crippen LogP contribution in [-0.4, -0.2) is 17.5 Å². The number of hydrogen-bond acceptors (Lipinski definition) is 2. The molecule has 1 atom stereocenters. The predicted molar refractivity (Wildman–Crippen MR) is 72.5 cm³/mol. The van der Waals surface area contributed by atoms with E-state index in [0.29, 0.717) is 6.42 Å². The average Bonchev–Trinajstić information content (AvgIpc) is 2.62. The predicted octanol–water partition coefficient (Wildman–Crippen LogP) is 2.24. The number of nitrogens with two attached hydrogens (primary N) is 1. The molecule has 2 aliphatic rings. The van der Waals surface area contributed by atoms with Crippen LogP contribution in [0.3, 0.4) is 0 Å². The van der Waals surface area contributed by atoms with Gasteiger partial charge >= 0.3 is 0 Å². The molecule has 3 rings (SSSR count). The molecule has 1 aromatic carbocycles. The van der Waals surface area contributed by atoms with Crippen molar-refractivity contribution in [3.8, 4) is 0 Å². The summed E-state index contributed by atoms with van der Waals surface area (Å²) in [5.74, 6) is 0.189. The molecule has 3 nitrogen and oxygen atoms in total. The van der Waals surface area contributed by atoms with Gasteiger partial charge in [-0.05, 0) is 44.2 Å². The van der Waals surface area contributed by atoms with Crippen molar-refractivity contribution >= 4 is 11.6 Å². The zero-order chi connectivity index (χ0) is 12.8. The van der Waals surface area contributed by atoms with Crippen molar-refractivity contribution in [2.24, 2.45) is 5.73 Å². The zero-order valence-electron chi connectivity index (χ0n) is 10.9. The van der Waals surface area contributed by atoms with Crippen molar-refractivity contribution in [3.05, 3.63) is 29.8 Å². The van der Waals surface area contributed by atoms with E-state index in [-0.39, 0.29) is 17.5 Å². The number of hydrogen-bond donors (Lipinski definition) is 1. The molecular formula is C15H20N2O. The van der Waals surface area contributed by atoms with Gasteiger partial charge in [0.2, 0.25) is 5.91 Å². The average molecular weight is 244 g/mol. The maximum absolute atomic E-state index is 12.5. The first-order valence-corrected chi connectivity index (χ1v) is 6.78. The summed E-state index contributed by atoms with van der Waals surface area (Å²) in [5.41, 5.74) is 8.32. The van der Waals surface area contributed by atoms with Crippen molar-refractivity contribution in [2.75, 3.05) is 4.90 Å². The van der Waals surface area contributed by atoms with E-state index in [0.717, 1.165) is 31.4 Å². The highest BCUT2D eigenvalue weighted by atomic mass is 16.2. The molecular weight excluding hydrogens is 224 g/mol. The third kappa shape index (κ3) is 1.83. The Kier molecular flexibility index (Phi) is 2.67. The van der Waals surface area contributed by atoms with Crippen LogP contribution in [0.5, 0.6) is 0 Å². The summed E-state index contributed by atoms with van der Waals surface area (Å²) in [4.78, 5) is 14.4. The number of rotatable bonds is 2. The smallest absolute Gasteiger partial charge is 0.229 e. The molecule has 1 aliphatic heterocycles. The third-order valence-electron chi connectivity index (χ3n) is 4.33. The van der Waals surface area contributed by atoms with Crippen LogP contribution >= 0.6 is 0 Å². The standard InChI is InChI=1S/C15H20N2O/c1-11-9-12-5-2-3-6-13(12)17(11)14(18)10-15(16)7-4-8-15/h2-3,5-6,11H,4,7-10,16H2,1H3/t11-/m1/s1. The fourth-order valence-corrected chi connectivity index (χ4v) is 3.14. The van der Waals surface area contributed by atoms with Gasteiger partial charge in [-0.1, -0.05) is 18.2 Å². The molecule has 3 heteroatoms. The number of carbonyl (C=O) groups excluding carboxylic acids is 1. The maximum Gasteiger partial charge on any atom is 0.229 e. The van der Waals surface area contributed by atoms with Gasteiger partial charge in [-0.15, -0.1) is 0 Å². The van der Waals surface area contributed by atoms with E-state index in [2.05, 4.69) is 13.0 Å². The number of amides is 1. The van der Waals surface area contributed by atoms with Gasteiger partial charge in [0.25, 0.3) is 0 Å². The normalized spacial score (nSPS) is 24.6. The second kappa shape index (κ2) is 4.09. The molecule has 1 saturated carbocycles. The summed E-state index contributed by atoms with van der Waals surface area (Å²) in [6.45, 7) is 2.11. The van der Waals surface area contributed by atoms with Crippen LogP contribution < -0.4 is 10.6 Å². The van der Waals surface area contributed by atoms with E-state index in [4.69, 9.17) is 5.73 Å². The van der Waals surface area contributed by atoms with Gasteiger partial charge in [-0.3, -0.25) is 4.79 Å². The monoisotopic (exact) mass is 244 g/mol. The molecule has 2 N–H and O–H groups in total. The molecule has 0 saturated heterocycles. The molecule has 0 radical (unpaired) electrons. The molecule has 1 aromatic rings. The summed E-state index contributed by atoms with van der Waals surface area (Å²) in [6.07, 6.45) is 4.59. The lowest BCUT2D eigenvalue weighted by atomic mass is 9.75. The number of fused-ring (bicyclic) bond motifs is 1. The Labute approximate surface area is 108 Å². The number of para-hydroxylation sites is 1. The lowest BCUT2D eigenvalue weighted by Crippen LogP contribution is -2.51. The van der Waals surface area contributed by atoms with Gasteiger partial charge in [0.1, 0.15) is 0 Å². The lowest BCUT2D eigenvalue weighted by molar-refractivity contribution is -0.120. The third-order valence-corrected chi connectivity index (χ3v) is 4.33. The highest BCUT2D eigenvalue weighted by Gasteiger charge is 2.39. The van der Waals surface area contributed by atoms with Crippen molar-refractivity contribution in [1.82, 2.24) is 0 Å². The van der Waals surface area contributed by atoms with E-state index in [9.17, 15) is 4.79 Å². The number of anilines is 1. The Morgan fingerprint density at radius 1 is 1.44 bits per heavy atom. The van der Waals surface area contributed by atoms with E-state index in [1.165, 1.54) is 5.56 Å². The highest BCUT2D eigenvalue weighted by molar-refractivity contribution is 5.96. The molecule has 0 unspecified atom stereocenters. The number of benzene rings is 1. The minimum atomic E-state index is -0.228. The molecule has 0 bridgehead atoms. The van der Waals surface area contributed by atoms with Gasteiger partial charge in [-0.2, -0.15) is 0 Å². The maximum atomic E-state index is 12.5. The summed E-state index contributed by atoms with van der Waals surface area (Å²) in [6, 6.07) is 8.45. The topological polar surface area (TPSA) is 46.3 Å². The SMILES string of the molecule is C[C@@H]1Cc2ccccc2N1C(=O)CC1(N)CCC1. The lowest BCUT2D eigenvalue weighted by Gasteiger charge is -2.39. The first kappa shape index (κ1) is 11.7. The second-order valence-corrected chi connectivity index (χ2v) is 5.84. The molecule has 0 aromatic heterocycles. The van der Waals surface area contributed by atoms with Crippen molar-refractivity contribution < 1.29 is 4.79 Å². The molecule has 96 valence electrons. The van der Waals surface area contributed by atoms with Gasteiger partial charge in [0.05, 0.1) is 0 Å². The fraction of sp³-hybridized carbons (Fsp3) is 0.533. The minimum Gasteiger partial charge on any atom is -0.325 e. The molecule has 1 fully saturated rings. The zero-order valence-corrected chi connectivity index (χ0v) is 10.9. The van der Waals surface area contributed by atoms with Crippen LogP contribution in [0, 0.1) is 0 Å². The van der Waals surface area contributed by atoms with Gasteiger partial charge in [0, 0.05) is 23.7 Å². The summed E-state index contributed by atoms with van der Waals surface area (Å²) >= 11 is 0. The molecule has 1 heterocycles. The molecule has 1 amide bonds. The highest BCUT2D eigenvalue weighted by Crippen LogP contribution is 2.36. The Hall–Kier alpha value is -1.35. The first-order chi connectivity index (χ1) is 8.59. The quantitative estimate of drug-likeness (QED) is 0.867.